The molecule has 1 aliphatic rings. The number of carbonyl (C=O) groups excluding carboxylic acids is 2. The summed E-state index contributed by atoms with van der Waals surface area (Å²) in [6, 6.07) is 0. The van der Waals surface area contributed by atoms with Crippen molar-refractivity contribution in [2.45, 2.75) is 39.0 Å². The van der Waals surface area contributed by atoms with Gasteiger partial charge in [-0.05, 0) is 25.7 Å². The summed E-state index contributed by atoms with van der Waals surface area (Å²) in [5, 5.41) is 0. The van der Waals surface area contributed by atoms with Gasteiger partial charge in [-0.1, -0.05) is 12.8 Å². The second-order valence-electron chi connectivity index (χ2n) is 4.41. The van der Waals surface area contributed by atoms with E-state index in [2.05, 4.69) is 0 Å². The molecule has 0 unspecified atom stereocenters. The summed E-state index contributed by atoms with van der Waals surface area (Å²) < 4.78 is 4.80. The lowest BCUT2D eigenvalue weighted by Crippen LogP contribution is -2.33. The van der Waals surface area contributed by atoms with Crippen LogP contribution in [-0.2, 0) is 14.3 Å². The van der Waals surface area contributed by atoms with Crippen LogP contribution in [0.4, 0.5) is 0 Å². The van der Waals surface area contributed by atoms with Gasteiger partial charge >= 0.3 is 5.97 Å². The summed E-state index contributed by atoms with van der Waals surface area (Å²) in [5.74, 6) is 0.252. The molecule has 0 heterocycles. The van der Waals surface area contributed by atoms with Gasteiger partial charge in [0.05, 0.1) is 6.61 Å². The second kappa shape index (κ2) is 6.51. The van der Waals surface area contributed by atoms with Gasteiger partial charge in [0.1, 0.15) is 6.54 Å². The SMILES string of the molecule is CCOC(=O)CN(C)C(=O)CC1CCCC1. The molecule has 0 radical (unpaired) electrons. The molecule has 92 valence electrons. The molecule has 0 aromatic heterocycles. The predicted octanol–water partition coefficient (Wildman–Crippen LogP) is 1.59. The first-order valence-corrected chi connectivity index (χ1v) is 6.03. The van der Waals surface area contributed by atoms with Gasteiger partial charge in [-0.2, -0.15) is 0 Å². The minimum absolute atomic E-state index is 0.0555. The molecule has 4 nitrogen and oxygen atoms in total. The maximum Gasteiger partial charge on any atom is 0.325 e. The first kappa shape index (κ1) is 13.0. The van der Waals surface area contributed by atoms with Crippen LogP contribution in [0, 0.1) is 5.92 Å². The van der Waals surface area contributed by atoms with Crippen LogP contribution >= 0.6 is 0 Å². The van der Waals surface area contributed by atoms with Crippen LogP contribution in [0.25, 0.3) is 0 Å². The van der Waals surface area contributed by atoms with Crippen molar-refractivity contribution in [2.75, 3.05) is 20.2 Å². The molecule has 0 spiro atoms. The molecule has 0 aliphatic heterocycles. The molecule has 1 rings (SSSR count). The maximum absolute atomic E-state index is 11.8. The molecular weight excluding hydrogens is 206 g/mol. The molecule has 1 fully saturated rings. The third-order valence-electron chi connectivity index (χ3n) is 3.04. The standard InChI is InChI=1S/C12H21NO3/c1-3-16-12(15)9-13(2)11(14)8-10-6-4-5-7-10/h10H,3-9H2,1-2H3. The average molecular weight is 227 g/mol. The second-order valence-corrected chi connectivity index (χ2v) is 4.41. The minimum atomic E-state index is -0.329. The summed E-state index contributed by atoms with van der Waals surface area (Å²) in [4.78, 5) is 24.4. The molecule has 0 saturated heterocycles. The lowest BCUT2D eigenvalue weighted by molar-refractivity contribution is -0.148. The van der Waals surface area contributed by atoms with Gasteiger partial charge in [0.2, 0.25) is 5.91 Å². The van der Waals surface area contributed by atoms with Gasteiger partial charge in [0, 0.05) is 13.5 Å². The molecule has 0 aromatic carbocycles. The van der Waals surface area contributed by atoms with Crippen LogP contribution in [0.3, 0.4) is 0 Å². The first-order chi connectivity index (χ1) is 7.63. The Morgan fingerprint density at radius 3 is 2.50 bits per heavy atom. The highest BCUT2D eigenvalue weighted by molar-refractivity contribution is 5.81. The zero-order valence-corrected chi connectivity index (χ0v) is 10.2. The highest BCUT2D eigenvalue weighted by Crippen LogP contribution is 2.27. The Balaban J connectivity index is 2.26. The molecular formula is C12H21NO3. The Morgan fingerprint density at radius 1 is 1.31 bits per heavy atom. The molecule has 1 amide bonds. The monoisotopic (exact) mass is 227 g/mol. The fraction of sp³-hybridized carbons (Fsp3) is 0.833. The van der Waals surface area contributed by atoms with E-state index in [1.165, 1.54) is 17.7 Å². The normalized spacial score (nSPS) is 16.1. The molecule has 0 bridgehead atoms. The fourth-order valence-electron chi connectivity index (χ4n) is 2.11. The number of likely N-dealkylation sites (N-methyl/N-ethyl adjacent to an activating group) is 1. The summed E-state index contributed by atoms with van der Waals surface area (Å²) >= 11 is 0. The largest absolute Gasteiger partial charge is 0.465 e. The highest BCUT2D eigenvalue weighted by Gasteiger charge is 2.21. The van der Waals surface area contributed by atoms with Crippen molar-refractivity contribution in [2.24, 2.45) is 5.92 Å². The third kappa shape index (κ3) is 4.21. The lowest BCUT2D eigenvalue weighted by atomic mass is 10.0. The number of rotatable bonds is 5. The van der Waals surface area contributed by atoms with Crippen LogP contribution < -0.4 is 0 Å². The summed E-state index contributed by atoms with van der Waals surface area (Å²) in [6.07, 6.45) is 5.35. The molecule has 16 heavy (non-hydrogen) atoms. The predicted molar refractivity (Wildman–Crippen MR) is 60.8 cm³/mol. The Labute approximate surface area is 96.9 Å². The van der Waals surface area contributed by atoms with Crippen molar-refractivity contribution < 1.29 is 14.3 Å². The molecule has 0 aromatic rings. The first-order valence-electron chi connectivity index (χ1n) is 6.03. The topological polar surface area (TPSA) is 46.6 Å². The van der Waals surface area contributed by atoms with Crippen molar-refractivity contribution in [3.8, 4) is 0 Å². The molecule has 1 saturated carbocycles. The van der Waals surface area contributed by atoms with Crippen molar-refractivity contribution in [1.82, 2.24) is 4.90 Å². The van der Waals surface area contributed by atoms with E-state index in [1.807, 2.05) is 0 Å². The Bertz CT molecular complexity index is 247. The van der Waals surface area contributed by atoms with Gasteiger partial charge in [0.15, 0.2) is 0 Å². The van der Waals surface area contributed by atoms with E-state index in [1.54, 1.807) is 14.0 Å². The fourth-order valence-corrected chi connectivity index (χ4v) is 2.11. The summed E-state index contributed by atoms with van der Waals surface area (Å²) in [5.41, 5.74) is 0. The number of hydrogen-bond donors (Lipinski definition) is 0. The number of amides is 1. The molecule has 1 aliphatic carbocycles. The number of ether oxygens (including phenoxy) is 1. The molecule has 0 atom stereocenters. The van der Waals surface area contributed by atoms with Crippen molar-refractivity contribution in [1.29, 1.82) is 0 Å². The van der Waals surface area contributed by atoms with Crippen LogP contribution in [-0.4, -0.2) is 37.0 Å². The van der Waals surface area contributed by atoms with Crippen LogP contribution in [0.5, 0.6) is 0 Å². The molecule has 4 heteroatoms. The number of carbonyl (C=O) groups is 2. The zero-order valence-electron chi connectivity index (χ0n) is 10.2. The van der Waals surface area contributed by atoms with E-state index in [4.69, 9.17) is 4.74 Å². The van der Waals surface area contributed by atoms with E-state index in [0.717, 1.165) is 12.8 Å². The number of nitrogens with zero attached hydrogens (tertiary/aromatic N) is 1. The quantitative estimate of drug-likeness (QED) is 0.670. The molecule has 0 N–H and O–H groups in total. The van der Waals surface area contributed by atoms with E-state index in [0.29, 0.717) is 18.9 Å². The third-order valence-corrected chi connectivity index (χ3v) is 3.04. The smallest absolute Gasteiger partial charge is 0.325 e. The van der Waals surface area contributed by atoms with Crippen LogP contribution in [0.1, 0.15) is 39.0 Å². The summed E-state index contributed by atoms with van der Waals surface area (Å²) in [6.45, 7) is 2.20. The number of hydrogen-bond acceptors (Lipinski definition) is 3. The van der Waals surface area contributed by atoms with Gasteiger partial charge in [-0.25, -0.2) is 0 Å². The van der Waals surface area contributed by atoms with Gasteiger partial charge in [-0.3, -0.25) is 9.59 Å². The van der Waals surface area contributed by atoms with E-state index in [-0.39, 0.29) is 18.4 Å². The van der Waals surface area contributed by atoms with Crippen LogP contribution in [0.2, 0.25) is 0 Å². The average Bonchev–Trinajstić information content (AvgIpc) is 2.70. The van der Waals surface area contributed by atoms with E-state index < -0.39 is 0 Å². The Hall–Kier alpha value is -1.06. The summed E-state index contributed by atoms with van der Waals surface area (Å²) in [7, 11) is 1.66. The van der Waals surface area contributed by atoms with Gasteiger partial charge < -0.3 is 9.64 Å². The van der Waals surface area contributed by atoms with Gasteiger partial charge in [-0.15, -0.1) is 0 Å². The van der Waals surface area contributed by atoms with Crippen molar-refractivity contribution in [3.05, 3.63) is 0 Å². The maximum atomic E-state index is 11.8. The van der Waals surface area contributed by atoms with Crippen molar-refractivity contribution >= 4 is 11.9 Å². The van der Waals surface area contributed by atoms with E-state index >= 15 is 0 Å². The zero-order chi connectivity index (χ0) is 12.0. The Kier molecular flexibility index (Phi) is 5.29. The minimum Gasteiger partial charge on any atom is -0.465 e. The highest BCUT2D eigenvalue weighted by atomic mass is 16.5. The van der Waals surface area contributed by atoms with Gasteiger partial charge in [0.25, 0.3) is 0 Å². The Morgan fingerprint density at radius 2 is 1.94 bits per heavy atom. The number of esters is 1. The van der Waals surface area contributed by atoms with E-state index in [9.17, 15) is 9.59 Å². The lowest BCUT2D eigenvalue weighted by Gasteiger charge is -2.18. The van der Waals surface area contributed by atoms with Crippen LogP contribution in [0.15, 0.2) is 0 Å². The van der Waals surface area contributed by atoms with Crippen molar-refractivity contribution in [3.63, 3.8) is 0 Å².